The van der Waals surface area contributed by atoms with Crippen molar-refractivity contribution in [2.75, 3.05) is 0 Å². The first-order valence-electron chi connectivity index (χ1n) is 14.7. The number of alkyl halides is 2. The van der Waals surface area contributed by atoms with E-state index >= 15 is 0 Å². The molecular formula is C35H41F2N4OP. The van der Waals surface area contributed by atoms with Gasteiger partial charge in [-0.1, -0.05) is 108 Å². The number of aromatic amines is 1. The number of nitriles is 1. The topological polar surface area (TPSA) is 72.8 Å². The van der Waals surface area contributed by atoms with Gasteiger partial charge in [0.25, 0.3) is 5.66 Å². The van der Waals surface area contributed by atoms with E-state index in [1.807, 2.05) is 79.4 Å². The van der Waals surface area contributed by atoms with Crippen molar-refractivity contribution in [3.8, 4) is 17.5 Å². The number of aromatic nitrogens is 2. The van der Waals surface area contributed by atoms with E-state index in [9.17, 15) is 13.6 Å². The summed E-state index contributed by atoms with van der Waals surface area (Å²) in [5.41, 5.74) is 1.70. The number of hydrogen-bond donors (Lipinski definition) is 1. The van der Waals surface area contributed by atoms with Crippen LogP contribution in [-0.4, -0.2) is 26.8 Å². The number of imidazole rings is 1. The standard InChI is InChI=1S/C16H20N2O.C13H15F2N2P.C6H6/c1-13(19)18(16-5-3-2-4-6-16)12-15-9-7-14(11-17)8-10-15;1-3-11-8(2)16-12(17-11)9-4-6-10(7-5-9)13(14,15)18;1-2-4-6-5-3-1/h7-10,16H,2-6,12H2,1H3;4-7H,3,18H2,1-2H3,(H,16,17);1-6H. The summed E-state index contributed by atoms with van der Waals surface area (Å²) in [4.78, 5) is 21.4. The Hall–Kier alpha value is -3.88. The molecule has 1 N–H and O–H groups in total. The van der Waals surface area contributed by atoms with Gasteiger partial charge in [0.1, 0.15) is 5.82 Å². The minimum atomic E-state index is -2.88. The maximum Gasteiger partial charge on any atom is 0.283 e. The normalized spacial score (nSPS) is 13.0. The number of rotatable bonds is 6. The molecule has 8 heteroatoms. The molecule has 0 spiro atoms. The number of halogens is 2. The number of H-pyrrole nitrogens is 1. The van der Waals surface area contributed by atoms with Crippen LogP contribution in [0.15, 0.2) is 84.9 Å². The van der Waals surface area contributed by atoms with Crippen LogP contribution in [-0.2, 0) is 23.4 Å². The Kier molecular flexibility index (Phi) is 13.0. The third kappa shape index (κ3) is 10.7. The van der Waals surface area contributed by atoms with Gasteiger partial charge in [-0.25, -0.2) is 4.98 Å². The smallest absolute Gasteiger partial charge is 0.283 e. The predicted molar refractivity (Wildman–Crippen MR) is 172 cm³/mol. The van der Waals surface area contributed by atoms with Crippen molar-refractivity contribution in [2.45, 2.75) is 77.5 Å². The highest BCUT2D eigenvalue weighted by molar-refractivity contribution is 7.17. The summed E-state index contributed by atoms with van der Waals surface area (Å²) >= 11 is 0. The summed E-state index contributed by atoms with van der Waals surface area (Å²) in [6.45, 7) is 6.30. The molecule has 1 unspecified atom stereocenters. The van der Waals surface area contributed by atoms with Crippen molar-refractivity contribution >= 4 is 15.1 Å². The maximum absolute atomic E-state index is 13.1. The fourth-order valence-corrected chi connectivity index (χ4v) is 5.18. The zero-order valence-corrected chi connectivity index (χ0v) is 26.3. The average Bonchev–Trinajstić information content (AvgIpc) is 3.42. The number of amides is 1. The third-order valence-corrected chi connectivity index (χ3v) is 7.72. The van der Waals surface area contributed by atoms with E-state index in [4.69, 9.17) is 5.26 Å². The van der Waals surface area contributed by atoms with Gasteiger partial charge in [0.15, 0.2) is 0 Å². The molecule has 1 atom stereocenters. The third-order valence-electron chi connectivity index (χ3n) is 7.39. The lowest BCUT2D eigenvalue weighted by Gasteiger charge is -2.33. The van der Waals surface area contributed by atoms with Crippen molar-refractivity contribution in [2.24, 2.45) is 0 Å². The lowest BCUT2D eigenvalue weighted by atomic mass is 9.93. The molecule has 226 valence electrons. The highest BCUT2D eigenvalue weighted by atomic mass is 31.0. The molecular weight excluding hydrogens is 561 g/mol. The second kappa shape index (κ2) is 16.7. The van der Waals surface area contributed by atoms with E-state index in [2.05, 4.69) is 16.0 Å². The molecule has 3 aromatic carbocycles. The minimum Gasteiger partial charge on any atom is -0.342 e. The van der Waals surface area contributed by atoms with Gasteiger partial charge in [0, 0.05) is 36.3 Å². The molecule has 4 aromatic rings. The van der Waals surface area contributed by atoms with Gasteiger partial charge < -0.3 is 9.88 Å². The van der Waals surface area contributed by atoms with E-state index in [1.54, 1.807) is 19.1 Å². The number of nitrogens with one attached hydrogen (secondary N) is 1. The van der Waals surface area contributed by atoms with Gasteiger partial charge in [-0.3, -0.25) is 4.79 Å². The van der Waals surface area contributed by atoms with Crippen LogP contribution in [0.2, 0.25) is 0 Å². The van der Waals surface area contributed by atoms with Crippen LogP contribution in [0.25, 0.3) is 11.4 Å². The highest BCUT2D eigenvalue weighted by Gasteiger charge is 2.24. The van der Waals surface area contributed by atoms with Crippen LogP contribution in [0.1, 0.15) is 74.0 Å². The minimum absolute atomic E-state index is 0.0183. The Bertz CT molecular complexity index is 1410. The Morgan fingerprint density at radius 3 is 2.00 bits per heavy atom. The van der Waals surface area contributed by atoms with Crippen LogP contribution in [0.3, 0.4) is 0 Å². The highest BCUT2D eigenvalue weighted by Crippen LogP contribution is 2.35. The maximum atomic E-state index is 13.1. The Morgan fingerprint density at radius 1 is 1.00 bits per heavy atom. The Labute approximate surface area is 256 Å². The van der Waals surface area contributed by atoms with E-state index in [-0.39, 0.29) is 11.5 Å². The summed E-state index contributed by atoms with van der Waals surface area (Å²) in [7, 11) is 1.54. The average molecular weight is 603 g/mol. The van der Waals surface area contributed by atoms with E-state index in [0.29, 0.717) is 18.2 Å². The molecule has 0 bridgehead atoms. The molecule has 1 amide bonds. The molecule has 1 aliphatic carbocycles. The summed E-state index contributed by atoms with van der Waals surface area (Å²) in [5.74, 6) is 0.874. The first-order valence-corrected chi connectivity index (χ1v) is 15.3. The molecule has 5 rings (SSSR count). The molecule has 5 nitrogen and oxygen atoms in total. The molecule has 1 aromatic heterocycles. The predicted octanol–water partition coefficient (Wildman–Crippen LogP) is 8.80. The molecule has 1 fully saturated rings. The van der Waals surface area contributed by atoms with Crippen molar-refractivity contribution in [1.29, 1.82) is 5.26 Å². The van der Waals surface area contributed by atoms with Crippen molar-refractivity contribution < 1.29 is 13.6 Å². The second-order valence-electron chi connectivity index (χ2n) is 10.6. The summed E-state index contributed by atoms with van der Waals surface area (Å²) in [5, 5.41) is 8.79. The van der Waals surface area contributed by atoms with E-state index < -0.39 is 5.66 Å². The van der Waals surface area contributed by atoms with Crippen molar-refractivity contribution in [3.05, 3.63) is 113 Å². The first kappa shape index (κ1) is 33.6. The van der Waals surface area contributed by atoms with Crippen LogP contribution in [0.5, 0.6) is 0 Å². The molecule has 1 aliphatic rings. The Morgan fingerprint density at radius 2 is 1.56 bits per heavy atom. The van der Waals surface area contributed by atoms with Crippen LogP contribution in [0.4, 0.5) is 8.78 Å². The van der Waals surface area contributed by atoms with Crippen molar-refractivity contribution in [1.82, 2.24) is 14.9 Å². The SMILES string of the molecule is CC(=O)N(Cc1ccc(C#N)cc1)C1CCCCC1.CCc1nc(-c2ccc(C(F)(F)P)cc2)[nH]c1C.c1ccccc1. The monoisotopic (exact) mass is 602 g/mol. The zero-order chi connectivity index (χ0) is 31.2. The van der Waals surface area contributed by atoms with Crippen LogP contribution in [0, 0.1) is 18.3 Å². The summed E-state index contributed by atoms with van der Waals surface area (Å²) < 4.78 is 26.1. The number of carbonyl (C=O) groups excluding carboxylic acids is 1. The molecule has 0 saturated heterocycles. The number of hydrogen-bond acceptors (Lipinski definition) is 3. The van der Waals surface area contributed by atoms with Gasteiger partial charge in [0.2, 0.25) is 5.91 Å². The van der Waals surface area contributed by atoms with E-state index in [0.717, 1.165) is 47.6 Å². The second-order valence-corrected chi connectivity index (χ2v) is 11.3. The molecule has 1 heterocycles. The summed E-state index contributed by atoms with van der Waals surface area (Å²) in [6, 6.07) is 28.2. The molecule has 0 radical (unpaired) electrons. The molecule has 43 heavy (non-hydrogen) atoms. The molecule has 1 saturated carbocycles. The number of benzene rings is 3. The number of aryl methyl sites for hydroxylation is 2. The summed E-state index contributed by atoms with van der Waals surface area (Å²) in [6.07, 6.45) is 6.83. The fraction of sp³-hybridized carbons (Fsp3) is 0.343. The lowest BCUT2D eigenvalue weighted by molar-refractivity contribution is -0.132. The fourth-order valence-electron chi connectivity index (χ4n) is 4.98. The molecule has 0 aliphatic heterocycles. The Balaban J connectivity index is 0.000000197. The van der Waals surface area contributed by atoms with Gasteiger partial charge in [-0.15, -0.1) is 0 Å². The van der Waals surface area contributed by atoms with Crippen LogP contribution < -0.4 is 0 Å². The van der Waals surface area contributed by atoms with Gasteiger partial charge in [-0.2, -0.15) is 14.0 Å². The van der Waals surface area contributed by atoms with Gasteiger partial charge in [0.05, 0.1) is 17.3 Å². The van der Waals surface area contributed by atoms with Crippen LogP contribution >= 0.6 is 9.24 Å². The van der Waals surface area contributed by atoms with Gasteiger partial charge >= 0.3 is 0 Å². The number of carbonyl (C=O) groups is 1. The zero-order valence-electron chi connectivity index (χ0n) is 25.2. The lowest BCUT2D eigenvalue weighted by Crippen LogP contribution is -2.39. The van der Waals surface area contributed by atoms with E-state index in [1.165, 1.54) is 40.6 Å². The first-order chi connectivity index (χ1) is 20.6. The van der Waals surface area contributed by atoms with Gasteiger partial charge in [-0.05, 0) is 43.9 Å². The largest absolute Gasteiger partial charge is 0.342 e. The number of nitrogens with zero attached hydrogens (tertiary/aromatic N) is 3. The quantitative estimate of drug-likeness (QED) is 0.224. The van der Waals surface area contributed by atoms with Crippen molar-refractivity contribution in [3.63, 3.8) is 0 Å².